The van der Waals surface area contributed by atoms with E-state index in [4.69, 9.17) is 0 Å². The van der Waals surface area contributed by atoms with Crippen LogP contribution in [0.15, 0.2) is 24.3 Å². The van der Waals surface area contributed by atoms with Crippen molar-refractivity contribution in [3.63, 3.8) is 0 Å². The predicted molar refractivity (Wildman–Crippen MR) is 74.1 cm³/mol. The highest BCUT2D eigenvalue weighted by molar-refractivity contribution is 5.21. The molecule has 2 unspecified atom stereocenters. The molecule has 1 aromatic rings. The van der Waals surface area contributed by atoms with E-state index in [9.17, 15) is 4.39 Å². The van der Waals surface area contributed by atoms with Gasteiger partial charge in [-0.2, -0.15) is 0 Å². The van der Waals surface area contributed by atoms with Crippen molar-refractivity contribution in [1.82, 2.24) is 4.90 Å². The molecule has 1 saturated heterocycles. The van der Waals surface area contributed by atoms with E-state index in [1.54, 1.807) is 12.1 Å². The molecule has 1 heterocycles. The molecule has 0 amide bonds. The quantitative estimate of drug-likeness (QED) is 0.786. The number of likely N-dealkylation sites (tertiary alicyclic amines) is 1. The normalized spacial score (nSPS) is 27.3. The molecule has 100 valence electrons. The molecule has 2 heteroatoms. The van der Waals surface area contributed by atoms with E-state index >= 15 is 0 Å². The summed E-state index contributed by atoms with van der Waals surface area (Å²) in [7, 11) is 0. The maximum atomic E-state index is 13.7. The second-order valence-electron chi connectivity index (χ2n) is 6.30. The van der Waals surface area contributed by atoms with Gasteiger partial charge in [0.05, 0.1) is 0 Å². The molecule has 1 nitrogen and oxygen atoms in total. The van der Waals surface area contributed by atoms with Crippen LogP contribution in [-0.2, 0) is 6.42 Å². The number of rotatable bonds is 3. The lowest BCUT2D eigenvalue weighted by Crippen LogP contribution is -2.71. The van der Waals surface area contributed by atoms with Gasteiger partial charge >= 0.3 is 0 Å². The molecule has 0 radical (unpaired) electrons. The molecule has 0 saturated carbocycles. The molecule has 0 bridgehead atoms. The Morgan fingerprint density at radius 3 is 2.39 bits per heavy atom. The molecule has 0 N–H and O–H groups in total. The van der Waals surface area contributed by atoms with Crippen LogP contribution < -0.4 is 0 Å². The number of hydrogen-bond donors (Lipinski definition) is 0. The van der Waals surface area contributed by atoms with Gasteiger partial charge in [-0.15, -0.1) is 0 Å². The van der Waals surface area contributed by atoms with Crippen molar-refractivity contribution in [3.8, 4) is 0 Å². The van der Waals surface area contributed by atoms with E-state index in [-0.39, 0.29) is 11.4 Å². The summed E-state index contributed by atoms with van der Waals surface area (Å²) in [6, 6.07) is 8.23. The Morgan fingerprint density at radius 2 is 1.89 bits per heavy atom. The molecule has 0 spiro atoms. The Kier molecular flexibility index (Phi) is 3.50. The first-order chi connectivity index (χ1) is 8.35. The van der Waals surface area contributed by atoms with E-state index in [1.165, 1.54) is 0 Å². The standard InChI is InChI=1S/C16H24FN/c1-11(2)18-12(3)14(16(18,4)5)10-13-8-6-7-9-15(13)17/h6-9,11-12,14H,10H2,1-5H3. The zero-order valence-corrected chi connectivity index (χ0v) is 12.1. The fraction of sp³-hybridized carbons (Fsp3) is 0.625. The number of nitrogens with zero attached hydrogens (tertiary/aromatic N) is 1. The summed E-state index contributed by atoms with van der Waals surface area (Å²) in [5.41, 5.74) is 1.02. The summed E-state index contributed by atoms with van der Waals surface area (Å²) in [4.78, 5) is 2.53. The van der Waals surface area contributed by atoms with Crippen LogP contribution in [0.25, 0.3) is 0 Å². The van der Waals surface area contributed by atoms with Gasteiger partial charge < -0.3 is 0 Å². The molecule has 0 aromatic heterocycles. The van der Waals surface area contributed by atoms with Gasteiger partial charge in [-0.25, -0.2) is 4.39 Å². The topological polar surface area (TPSA) is 3.24 Å². The molecular weight excluding hydrogens is 225 g/mol. The van der Waals surface area contributed by atoms with Crippen molar-refractivity contribution in [2.75, 3.05) is 0 Å². The highest BCUT2D eigenvalue weighted by Gasteiger charge is 2.52. The van der Waals surface area contributed by atoms with Gasteiger partial charge in [-0.3, -0.25) is 4.90 Å². The molecule has 1 aliphatic heterocycles. The van der Waals surface area contributed by atoms with Crippen LogP contribution in [0, 0.1) is 11.7 Å². The third-order valence-corrected chi connectivity index (χ3v) is 4.55. The molecule has 2 rings (SSSR count). The van der Waals surface area contributed by atoms with Crippen molar-refractivity contribution in [3.05, 3.63) is 35.6 Å². The average molecular weight is 249 g/mol. The van der Waals surface area contributed by atoms with Crippen LogP contribution in [-0.4, -0.2) is 22.5 Å². The van der Waals surface area contributed by atoms with Crippen LogP contribution in [0.4, 0.5) is 4.39 Å². The zero-order chi connectivity index (χ0) is 13.5. The lowest BCUT2D eigenvalue weighted by molar-refractivity contribution is -0.130. The summed E-state index contributed by atoms with van der Waals surface area (Å²) in [5.74, 6) is 0.459. The lowest BCUT2D eigenvalue weighted by atomic mass is 9.67. The average Bonchev–Trinajstić information content (AvgIpc) is 2.26. The van der Waals surface area contributed by atoms with Crippen molar-refractivity contribution in [2.24, 2.45) is 5.92 Å². The lowest BCUT2D eigenvalue weighted by Gasteiger charge is -2.63. The Hall–Kier alpha value is -0.890. The molecule has 18 heavy (non-hydrogen) atoms. The van der Waals surface area contributed by atoms with Crippen LogP contribution in [0.5, 0.6) is 0 Å². The summed E-state index contributed by atoms with van der Waals surface area (Å²) in [5, 5.41) is 0. The summed E-state index contributed by atoms with van der Waals surface area (Å²) in [6.45, 7) is 11.3. The fourth-order valence-electron chi connectivity index (χ4n) is 3.88. The Balaban J connectivity index is 2.15. The van der Waals surface area contributed by atoms with Gasteiger partial charge in [0.15, 0.2) is 0 Å². The van der Waals surface area contributed by atoms with Crippen LogP contribution in [0.3, 0.4) is 0 Å². The Morgan fingerprint density at radius 1 is 1.28 bits per heavy atom. The van der Waals surface area contributed by atoms with Gasteiger partial charge in [0.25, 0.3) is 0 Å². The van der Waals surface area contributed by atoms with Crippen molar-refractivity contribution < 1.29 is 4.39 Å². The van der Waals surface area contributed by atoms with Crippen LogP contribution >= 0.6 is 0 Å². The first-order valence-corrected chi connectivity index (χ1v) is 6.87. The minimum atomic E-state index is -0.0662. The summed E-state index contributed by atoms with van der Waals surface area (Å²) in [6.07, 6.45) is 0.837. The zero-order valence-electron chi connectivity index (χ0n) is 12.1. The molecule has 1 aliphatic rings. The van der Waals surface area contributed by atoms with E-state index in [0.29, 0.717) is 18.0 Å². The number of hydrogen-bond acceptors (Lipinski definition) is 1. The maximum Gasteiger partial charge on any atom is 0.126 e. The predicted octanol–water partition coefficient (Wildman–Crippen LogP) is 3.88. The minimum Gasteiger partial charge on any atom is -0.292 e. The number of benzene rings is 1. The van der Waals surface area contributed by atoms with Gasteiger partial charge in [0, 0.05) is 17.6 Å². The van der Waals surface area contributed by atoms with E-state index < -0.39 is 0 Å². The first-order valence-electron chi connectivity index (χ1n) is 6.87. The third-order valence-electron chi connectivity index (χ3n) is 4.55. The number of halogens is 1. The smallest absolute Gasteiger partial charge is 0.126 e. The van der Waals surface area contributed by atoms with E-state index in [2.05, 4.69) is 39.5 Å². The third kappa shape index (κ3) is 2.07. The van der Waals surface area contributed by atoms with Gasteiger partial charge in [-0.05, 0) is 58.6 Å². The van der Waals surface area contributed by atoms with Crippen LogP contribution in [0.2, 0.25) is 0 Å². The Labute approximate surface area is 110 Å². The van der Waals surface area contributed by atoms with Gasteiger partial charge in [-0.1, -0.05) is 18.2 Å². The molecule has 1 aromatic carbocycles. The Bertz CT molecular complexity index is 425. The van der Waals surface area contributed by atoms with Gasteiger partial charge in [0.2, 0.25) is 0 Å². The highest BCUT2D eigenvalue weighted by atomic mass is 19.1. The second-order valence-corrected chi connectivity index (χ2v) is 6.30. The van der Waals surface area contributed by atoms with Crippen molar-refractivity contribution in [1.29, 1.82) is 0 Å². The van der Waals surface area contributed by atoms with Crippen molar-refractivity contribution in [2.45, 2.75) is 58.7 Å². The van der Waals surface area contributed by atoms with Gasteiger partial charge in [0.1, 0.15) is 5.82 Å². The van der Waals surface area contributed by atoms with E-state index in [0.717, 1.165) is 12.0 Å². The van der Waals surface area contributed by atoms with Crippen molar-refractivity contribution >= 4 is 0 Å². The monoisotopic (exact) mass is 249 g/mol. The molecule has 2 atom stereocenters. The highest BCUT2D eigenvalue weighted by Crippen LogP contribution is 2.45. The first kappa shape index (κ1) is 13.5. The van der Waals surface area contributed by atoms with E-state index in [1.807, 2.05) is 12.1 Å². The largest absolute Gasteiger partial charge is 0.292 e. The summed E-state index contributed by atoms with van der Waals surface area (Å²) >= 11 is 0. The molecular formula is C16H24FN. The molecule has 1 fully saturated rings. The maximum absolute atomic E-state index is 13.7. The summed E-state index contributed by atoms with van der Waals surface area (Å²) < 4.78 is 13.7. The SMILES string of the molecule is CC(C)N1C(C)C(Cc2ccccc2F)C1(C)C. The second kappa shape index (κ2) is 4.65. The fourth-order valence-corrected chi connectivity index (χ4v) is 3.88. The molecule has 0 aliphatic carbocycles. The van der Waals surface area contributed by atoms with Crippen LogP contribution in [0.1, 0.15) is 40.2 Å². The minimum absolute atomic E-state index is 0.0662.